The molecule has 0 aliphatic carbocycles. The van der Waals surface area contributed by atoms with E-state index in [9.17, 15) is 20.1 Å². The van der Waals surface area contributed by atoms with Crippen LogP contribution < -0.4 is 0 Å². The third kappa shape index (κ3) is 10.6. The van der Waals surface area contributed by atoms with Crippen molar-refractivity contribution in [2.75, 3.05) is 0 Å². The third-order valence-corrected chi connectivity index (χ3v) is 4.44. The Bertz CT molecular complexity index is 551. The van der Waals surface area contributed by atoms with Crippen molar-refractivity contribution in [1.29, 1.82) is 0 Å². The van der Waals surface area contributed by atoms with Gasteiger partial charge in [-0.3, -0.25) is 4.79 Å². The van der Waals surface area contributed by atoms with Crippen LogP contribution in [-0.4, -0.2) is 56.9 Å². The van der Waals surface area contributed by atoms with Gasteiger partial charge in [0.15, 0.2) is 0 Å². The fourth-order valence-corrected chi connectivity index (χ4v) is 2.87. The number of hydrogen-bond donors (Lipinski definition) is 4. The van der Waals surface area contributed by atoms with E-state index in [2.05, 4.69) is 0 Å². The number of carboxylic acids is 1. The van der Waals surface area contributed by atoms with Gasteiger partial charge >= 0.3 is 5.97 Å². The van der Waals surface area contributed by atoms with Gasteiger partial charge in [-0.1, -0.05) is 55.5 Å². The van der Waals surface area contributed by atoms with Gasteiger partial charge in [-0.15, -0.1) is 0 Å². The van der Waals surface area contributed by atoms with Gasteiger partial charge in [-0.25, -0.2) is 0 Å². The van der Waals surface area contributed by atoms with Gasteiger partial charge in [0.25, 0.3) is 0 Å². The van der Waals surface area contributed by atoms with Crippen LogP contribution in [0.4, 0.5) is 0 Å². The lowest BCUT2D eigenvalue weighted by Gasteiger charge is -2.16. The summed E-state index contributed by atoms with van der Waals surface area (Å²) in [4.78, 5) is 10.4. The normalized spacial score (nSPS) is 25.5. The molecule has 0 radical (unpaired) electrons. The molecule has 1 aliphatic rings. The SMILES string of the molecule is CC/C=C\C[C@@H]1O[C@H]([C@H](O)/C=C/[C@@H](O)C/C=C\C/C=C\CCC(=O)O)C[C@H]1O. The van der Waals surface area contributed by atoms with E-state index in [1.807, 2.05) is 43.4 Å². The molecule has 1 fully saturated rings. The number of aliphatic hydroxyl groups excluding tert-OH is 3. The molecule has 0 aromatic rings. The van der Waals surface area contributed by atoms with Gasteiger partial charge < -0.3 is 25.2 Å². The Labute approximate surface area is 167 Å². The van der Waals surface area contributed by atoms with Gasteiger partial charge in [0.05, 0.1) is 30.5 Å². The van der Waals surface area contributed by atoms with Crippen molar-refractivity contribution >= 4 is 5.97 Å². The summed E-state index contributed by atoms with van der Waals surface area (Å²) >= 11 is 0. The van der Waals surface area contributed by atoms with E-state index in [0.29, 0.717) is 32.1 Å². The topological polar surface area (TPSA) is 107 Å². The van der Waals surface area contributed by atoms with E-state index in [-0.39, 0.29) is 12.5 Å². The van der Waals surface area contributed by atoms with Gasteiger partial charge in [-0.2, -0.15) is 0 Å². The fourth-order valence-electron chi connectivity index (χ4n) is 2.87. The minimum absolute atomic E-state index is 0.129. The maximum atomic E-state index is 10.4. The van der Waals surface area contributed by atoms with E-state index >= 15 is 0 Å². The highest BCUT2D eigenvalue weighted by molar-refractivity contribution is 5.66. The molecule has 6 heteroatoms. The van der Waals surface area contributed by atoms with Gasteiger partial charge in [0.1, 0.15) is 0 Å². The molecule has 1 heterocycles. The smallest absolute Gasteiger partial charge is 0.303 e. The van der Waals surface area contributed by atoms with Crippen molar-refractivity contribution in [2.24, 2.45) is 0 Å². The van der Waals surface area contributed by atoms with Gasteiger partial charge in [0.2, 0.25) is 0 Å². The van der Waals surface area contributed by atoms with Crippen LogP contribution in [0, 0.1) is 0 Å². The van der Waals surface area contributed by atoms with Crippen LogP contribution in [0.25, 0.3) is 0 Å². The Morgan fingerprint density at radius 3 is 2.57 bits per heavy atom. The van der Waals surface area contributed by atoms with E-state index in [1.165, 1.54) is 12.2 Å². The molecule has 5 atom stereocenters. The molecule has 6 nitrogen and oxygen atoms in total. The standard InChI is InChI=1S/C22H34O6/c1-2-3-8-12-20-19(25)16-21(28-20)18(24)15-14-17(23)11-9-6-4-5-7-10-13-22(26)27/h3,5-9,14-15,17-21,23-25H,2,4,10-13,16H2,1H3,(H,26,27)/b7-5-,8-3-,9-6-,15-14+/t17-,18+,19+,20-,21-/m0/s1. The van der Waals surface area contributed by atoms with Crippen LogP contribution >= 0.6 is 0 Å². The van der Waals surface area contributed by atoms with Crippen LogP contribution in [-0.2, 0) is 9.53 Å². The summed E-state index contributed by atoms with van der Waals surface area (Å²) in [5.74, 6) is -0.807. The molecule has 0 aromatic carbocycles. The largest absolute Gasteiger partial charge is 0.481 e. The molecule has 1 aliphatic heterocycles. The first kappa shape index (κ1) is 24.3. The summed E-state index contributed by atoms with van der Waals surface area (Å²) in [6.07, 6.45) is 15.3. The number of carbonyl (C=O) groups is 1. The summed E-state index contributed by atoms with van der Waals surface area (Å²) in [6, 6.07) is 0. The summed E-state index contributed by atoms with van der Waals surface area (Å²) < 4.78 is 5.73. The zero-order valence-corrected chi connectivity index (χ0v) is 16.6. The number of aliphatic carboxylic acids is 1. The first-order valence-corrected chi connectivity index (χ1v) is 9.98. The first-order chi connectivity index (χ1) is 13.4. The lowest BCUT2D eigenvalue weighted by atomic mass is 10.0. The number of ether oxygens (including phenoxy) is 1. The minimum Gasteiger partial charge on any atom is -0.481 e. The fraction of sp³-hybridized carbons (Fsp3) is 0.591. The van der Waals surface area contributed by atoms with Crippen molar-refractivity contribution < 1.29 is 30.0 Å². The van der Waals surface area contributed by atoms with Gasteiger partial charge in [0, 0.05) is 12.8 Å². The lowest BCUT2D eigenvalue weighted by molar-refractivity contribution is -0.136. The Kier molecular flexibility index (Phi) is 12.4. The molecular formula is C22H34O6. The molecule has 1 saturated heterocycles. The molecule has 0 saturated carbocycles. The summed E-state index contributed by atoms with van der Waals surface area (Å²) in [7, 11) is 0. The maximum absolute atomic E-state index is 10.4. The Morgan fingerprint density at radius 2 is 1.86 bits per heavy atom. The predicted molar refractivity (Wildman–Crippen MR) is 109 cm³/mol. The number of aliphatic hydroxyl groups is 3. The van der Waals surface area contributed by atoms with Crippen LogP contribution in [0.5, 0.6) is 0 Å². The van der Waals surface area contributed by atoms with E-state index in [4.69, 9.17) is 9.84 Å². The molecule has 158 valence electrons. The number of carboxylic acid groups (broad SMARTS) is 1. The lowest BCUT2D eigenvalue weighted by Crippen LogP contribution is -2.24. The Balaban J connectivity index is 2.28. The van der Waals surface area contributed by atoms with Crippen LogP contribution in [0.3, 0.4) is 0 Å². The molecule has 28 heavy (non-hydrogen) atoms. The van der Waals surface area contributed by atoms with E-state index < -0.39 is 30.4 Å². The van der Waals surface area contributed by atoms with E-state index in [0.717, 1.165) is 6.42 Å². The highest BCUT2D eigenvalue weighted by Gasteiger charge is 2.36. The van der Waals surface area contributed by atoms with Crippen molar-refractivity contribution in [2.45, 2.75) is 82.4 Å². The first-order valence-electron chi connectivity index (χ1n) is 9.98. The van der Waals surface area contributed by atoms with Crippen LogP contribution in [0.2, 0.25) is 0 Å². The van der Waals surface area contributed by atoms with Crippen molar-refractivity contribution in [3.63, 3.8) is 0 Å². The molecule has 0 amide bonds. The summed E-state index contributed by atoms with van der Waals surface area (Å²) in [5, 5.41) is 38.7. The highest BCUT2D eigenvalue weighted by Crippen LogP contribution is 2.26. The minimum atomic E-state index is -0.870. The van der Waals surface area contributed by atoms with Crippen LogP contribution in [0.1, 0.15) is 51.9 Å². The third-order valence-electron chi connectivity index (χ3n) is 4.44. The van der Waals surface area contributed by atoms with Crippen molar-refractivity contribution in [1.82, 2.24) is 0 Å². The molecule has 0 unspecified atom stereocenters. The number of rotatable bonds is 13. The average molecular weight is 395 g/mol. The second-order valence-electron chi connectivity index (χ2n) is 6.92. The van der Waals surface area contributed by atoms with E-state index in [1.54, 1.807) is 0 Å². The zero-order chi connectivity index (χ0) is 20.8. The average Bonchev–Trinajstić information content (AvgIpc) is 3.02. The number of allylic oxidation sites excluding steroid dienone is 4. The molecule has 0 bridgehead atoms. The Hall–Kier alpha value is -1.73. The molecular weight excluding hydrogens is 360 g/mol. The monoisotopic (exact) mass is 394 g/mol. The molecule has 1 rings (SSSR count). The van der Waals surface area contributed by atoms with Crippen molar-refractivity contribution in [3.8, 4) is 0 Å². The zero-order valence-electron chi connectivity index (χ0n) is 16.6. The Morgan fingerprint density at radius 1 is 1.11 bits per heavy atom. The summed E-state index contributed by atoms with van der Waals surface area (Å²) in [6.45, 7) is 2.04. The molecule has 0 aromatic heterocycles. The van der Waals surface area contributed by atoms with Crippen molar-refractivity contribution in [3.05, 3.63) is 48.6 Å². The van der Waals surface area contributed by atoms with Crippen LogP contribution in [0.15, 0.2) is 48.6 Å². The van der Waals surface area contributed by atoms with Gasteiger partial charge in [-0.05, 0) is 32.1 Å². The number of hydrogen-bond acceptors (Lipinski definition) is 5. The highest BCUT2D eigenvalue weighted by atomic mass is 16.5. The molecule has 4 N–H and O–H groups in total. The molecule has 0 spiro atoms. The predicted octanol–water partition coefficient (Wildman–Crippen LogP) is 2.90. The second kappa shape index (κ2) is 14.3. The summed E-state index contributed by atoms with van der Waals surface area (Å²) in [5.41, 5.74) is 0. The quantitative estimate of drug-likeness (QED) is 0.358. The second-order valence-corrected chi connectivity index (χ2v) is 6.92. The maximum Gasteiger partial charge on any atom is 0.303 e.